The van der Waals surface area contributed by atoms with E-state index in [-0.39, 0.29) is 12.3 Å². The van der Waals surface area contributed by atoms with Crippen molar-refractivity contribution in [1.82, 2.24) is 0 Å². The molecule has 1 aliphatic rings. The van der Waals surface area contributed by atoms with Gasteiger partial charge in [0.25, 0.3) is 0 Å². The molecule has 0 aliphatic carbocycles. The molecule has 1 atom stereocenters. The van der Waals surface area contributed by atoms with Crippen LogP contribution in [-0.2, 0) is 4.79 Å². The van der Waals surface area contributed by atoms with Crippen molar-refractivity contribution in [2.24, 2.45) is 5.73 Å². The molecule has 0 spiro atoms. The van der Waals surface area contributed by atoms with E-state index < -0.39 is 0 Å². The number of nitrogens with two attached hydrogens (primary N) is 1. The molecule has 2 rings (SSSR count). The standard InChI is InChI=1S/C13H15N3O/c14-7-5-13(17)16-8-6-10(9-15)11-3-1-2-4-12(11)16/h1-4,10H,5-6,8-9,15H2. The summed E-state index contributed by atoms with van der Waals surface area (Å²) in [7, 11) is 0. The van der Waals surface area contributed by atoms with E-state index in [9.17, 15) is 4.79 Å². The van der Waals surface area contributed by atoms with Gasteiger partial charge in [0.1, 0.15) is 6.42 Å². The number of hydrogen-bond donors (Lipinski definition) is 1. The average Bonchev–Trinajstić information content (AvgIpc) is 2.37. The second-order valence-corrected chi connectivity index (χ2v) is 4.16. The summed E-state index contributed by atoms with van der Waals surface area (Å²) in [6.45, 7) is 1.25. The van der Waals surface area contributed by atoms with E-state index >= 15 is 0 Å². The number of nitriles is 1. The van der Waals surface area contributed by atoms with Crippen molar-refractivity contribution in [2.75, 3.05) is 18.0 Å². The number of carbonyl (C=O) groups excluding carboxylic acids is 1. The molecule has 1 heterocycles. The molecule has 0 fully saturated rings. The van der Waals surface area contributed by atoms with E-state index in [2.05, 4.69) is 0 Å². The van der Waals surface area contributed by atoms with Crippen molar-refractivity contribution >= 4 is 11.6 Å². The highest BCUT2D eigenvalue weighted by Gasteiger charge is 2.27. The van der Waals surface area contributed by atoms with Crippen molar-refractivity contribution in [3.8, 4) is 6.07 Å². The molecule has 17 heavy (non-hydrogen) atoms. The maximum Gasteiger partial charge on any atom is 0.241 e. The van der Waals surface area contributed by atoms with Gasteiger partial charge in [-0.2, -0.15) is 5.26 Å². The van der Waals surface area contributed by atoms with E-state index in [1.165, 1.54) is 0 Å². The highest BCUT2D eigenvalue weighted by atomic mass is 16.2. The molecule has 0 bridgehead atoms. The van der Waals surface area contributed by atoms with Crippen molar-refractivity contribution in [3.63, 3.8) is 0 Å². The first-order chi connectivity index (χ1) is 8.27. The molecule has 4 nitrogen and oxygen atoms in total. The molecule has 1 aromatic rings. The van der Waals surface area contributed by atoms with Gasteiger partial charge < -0.3 is 10.6 Å². The predicted octanol–water partition coefficient (Wildman–Crippen LogP) is 1.38. The number of hydrogen-bond acceptors (Lipinski definition) is 3. The van der Waals surface area contributed by atoms with E-state index in [1.807, 2.05) is 30.3 Å². The van der Waals surface area contributed by atoms with Crippen molar-refractivity contribution in [3.05, 3.63) is 29.8 Å². The number of para-hydroxylation sites is 1. The average molecular weight is 229 g/mol. The number of nitrogens with zero attached hydrogens (tertiary/aromatic N) is 2. The molecule has 1 unspecified atom stereocenters. The largest absolute Gasteiger partial charge is 0.330 e. The Kier molecular flexibility index (Phi) is 3.40. The van der Waals surface area contributed by atoms with Crippen molar-refractivity contribution in [2.45, 2.75) is 18.8 Å². The Hall–Kier alpha value is -1.86. The molecular formula is C13H15N3O. The SMILES string of the molecule is N#CCC(=O)N1CCC(CN)c2ccccc21. The van der Waals surface area contributed by atoms with Crippen LogP contribution in [0.2, 0.25) is 0 Å². The minimum atomic E-state index is -0.129. The van der Waals surface area contributed by atoms with Crippen LogP contribution < -0.4 is 10.6 Å². The van der Waals surface area contributed by atoms with Gasteiger partial charge in [-0.25, -0.2) is 0 Å². The number of amides is 1. The predicted molar refractivity (Wildman–Crippen MR) is 65.4 cm³/mol. The number of carbonyl (C=O) groups is 1. The van der Waals surface area contributed by atoms with Gasteiger partial charge in [0.05, 0.1) is 6.07 Å². The zero-order valence-corrected chi connectivity index (χ0v) is 9.60. The number of rotatable bonds is 2. The minimum absolute atomic E-state index is 0.0678. The molecule has 1 amide bonds. The third-order valence-corrected chi connectivity index (χ3v) is 3.18. The summed E-state index contributed by atoms with van der Waals surface area (Å²) in [6.07, 6.45) is 0.798. The van der Waals surface area contributed by atoms with Gasteiger partial charge in [0, 0.05) is 12.2 Å². The zero-order chi connectivity index (χ0) is 12.3. The molecule has 0 aromatic heterocycles. The van der Waals surface area contributed by atoms with Crippen LogP contribution in [0.1, 0.15) is 24.3 Å². The van der Waals surface area contributed by atoms with Crippen LogP contribution in [0.5, 0.6) is 0 Å². The maximum atomic E-state index is 11.8. The second kappa shape index (κ2) is 4.98. The fourth-order valence-electron chi connectivity index (χ4n) is 2.31. The molecule has 1 aliphatic heterocycles. The summed E-state index contributed by atoms with van der Waals surface area (Å²) in [6, 6.07) is 9.71. The normalized spacial score (nSPS) is 18.4. The van der Waals surface area contributed by atoms with Crippen LogP contribution in [0.15, 0.2) is 24.3 Å². The molecule has 88 valence electrons. The van der Waals surface area contributed by atoms with Gasteiger partial charge in [-0.1, -0.05) is 18.2 Å². The van der Waals surface area contributed by atoms with E-state index in [4.69, 9.17) is 11.0 Å². The summed E-state index contributed by atoms with van der Waals surface area (Å²) in [4.78, 5) is 13.5. The van der Waals surface area contributed by atoms with Crippen LogP contribution in [0.3, 0.4) is 0 Å². The highest BCUT2D eigenvalue weighted by molar-refractivity contribution is 5.95. The first kappa shape index (κ1) is 11.6. The summed E-state index contributed by atoms with van der Waals surface area (Å²) in [5.41, 5.74) is 7.77. The van der Waals surface area contributed by atoms with Gasteiger partial charge in [-0.15, -0.1) is 0 Å². The number of benzene rings is 1. The van der Waals surface area contributed by atoms with E-state index in [1.54, 1.807) is 4.90 Å². The summed E-state index contributed by atoms with van der Waals surface area (Å²) >= 11 is 0. The van der Waals surface area contributed by atoms with Crippen molar-refractivity contribution in [1.29, 1.82) is 5.26 Å². The molecule has 0 radical (unpaired) electrons. The highest BCUT2D eigenvalue weighted by Crippen LogP contribution is 2.34. The Balaban J connectivity index is 2.35. The number of anilines is 1. The van der Waals surface area contributed by atoms with Gasteiger partial charge in [0.15, 0.2) is 0 Å². The monoisotopic (exact) mass is 229 g/mol. The molecular weight excluding hydrogens is 214 g/mol. The smallest absolute Gasteiger partial charge is 0.241 e. The summed E-state index contributed by atoms with van der Waals surface area (Å²) < 4.78 is 0. The molecule has 4 heteroatoms. The lowest BCUT2D eigenvalue weighted by molar-refractivity contribution is -0.117. The molecule has 0 saturated carbocycles. The Morgan fingerprint density at radius 1 is 1.53 bits per heavy atom. The third kappa shape index (κ3) is 2.15. The molecule has 2 N–H and O–H groups in total. The zero-order valence-electron chi connectivity index (χ0n) is 9.60. The maximum absolute atomic E-state index is 11.8. The first-order valence-corrected chi connectivity index (χ1v) is 5.74. The second-order valence-electron chi connectivity index (χ2n) is 4.16. The van der Waals surface area contributed by atoms with Crippen LogP contribution >= 0.6 is 0 Å². The van der Waals surface area contributed by atoms with Crippen LogP contribution in [0, 0.1) is 11.3 Å². The van der Waals surface area contributed by atoms with Gasteiger partial charge >= 0.3 is 0 Å². The Morgan fingerprint density at radius 3 is 3.00 bits per heavy atom. The van der Waals surface area contributed by atoms with Crippen LogP contribution in [0.4, 0.5) is 5.69 Å². The molecule has 1 aromatic carbocycles. The topological polar surface area (TPSA) is 70.1 Å². The summed E-state index contributed by atoms with van der Waals surface area (Å²) in [5.74, 6) is 0.188. The van der Waals surface area contributed by atoms with Crippen LogP contribution in [-0.4, -0.2) is 19.0 Å². The van der Waals surface area contributed by atoms with E-state index in [0.717, 1.165) is 17.7 Å². The molecule has 0 saturated heterocycles. The fraction of sp³-hybridized carbons (Fsp3) is 0.385. The van der Waals surface area contributed by atoms with Gasteiger partial charge in [-0.3, -0.25) is 4.79 Å². The van der Waals surface area contributed by atoms with E-state index in [0.29, 0.717) is 19.0 Å². The van der Waals surface area contributed by atoms with Crippen LogP contribution in [0.25, 0.3) is 0 Å². The lowest BCUT2D eigenvalue weighted by atomic mass is 9.90. The quantitative estimate of drug-likeness (QED) is 0.832. The lowest BCUT2D eigenvalue weighted by Gasteiger charge is -2.33. The Morgan fingerprint density at radius 2 is 2.29 bits per heavy atom. The van der Waals surface area contributed by atoms with Crippen molar-refractivity contribution < 1.29 is 4.79 Å². The third-order valence-electron chi connectivity index (χ3n) is 3.18. The summed E-state index contributed by atoms with van der Waals surface area (Å²) in [5, 5.41) is 8.60. The Bertz CT molecular complexity index is 464. The number of fused-ring (bicyclic) bond motifs is 1. The minimum Gasteiger partial charge on any atom is -0.330 e. The fourth-order valence-corrected chi connectivity index (χ4v) is 2.31. The Labute approximate surface area is 101 Å². The lowest BCUT2D eigenvalue weighted by Crippen LogP contribution is -2.37. The van der Waals surface area contributed by atoms with Gasteiger partial charge in [0.2, 0.25) is 5.91 Å². The van der Waals surface area contributed by atoms with Gasteiger partial charge in [-0.05, 0) is 30.5 Å². The first-order valence-electron chi connectivity index (χ1n) is 5.74.